The SMILES string of the molecule is C/C1=C\C=C\C(C)C2(O)CC(OC(=O)N2)C(C)C2OC2(C)C(OC(=O)CC(C(=O)ON2C(=O)CCC2=O)S(=O)(=O)O)CC(=O)N(C)c2cc(cc(C)c2Cl)C1. The molecule has 5 rings (SSSR count). The Kier molecular flexibility index (Phi) is 11.9. The summed E-state index contributed by atoms with van der Waals surface area (Å²) in [4.78, 5) is 82.9. The zero-order valence-corrected chi connectivity index (χ0v) is 32.6. The van der Waals surface area contributed by atoms with Gasteiger partial charge < -0.3 is 29.1 Å². The number of hydrogen-bond donors (Lipinski definition) is 3. The number of hydroxylamine groups is 2. The third-order valence-corrected chi connectivity index (χ3v) is 12.1. The Morgan fingerprint density at radius 3 is 2.40 bits per heavy atom. The molecule has 4 aliphatic rings. The van der Waals surface area contributed by atoms with E-state index in [1.54, 1.807) is 39.0 Å². The van der Waals surface area contributed by atoms with Gasteiger partial charge in [0.25, 0.3) is 21.9 Å². The van der Waals surface area contributed by atoms with Crippen molar-refractivity contribution in [1.82, 2.24) is 10.4 Å². The number of epoxide rings is 1. The predicted octanol–water partition coefficient (Wildman–Crippen LogP) is 2.84. The molecule has 1 aromatic carbocycles. The number of allylic oxidation sites excluding steroid dienone is 3. The molecular weight excluding hydrogens is 766 g/mol. The summed E-state index contributed by atoms with van der Waals surface area (Å²) in [5, 5.41) is 11.8. The lowest BCUT2D eigenvalue weighted by molar-refractivity contribution is -0.197. The second kappa shape index (κ2) is 15.6. The highest BCUT2D eigenvalue weighted by Gasteiger charge is 2.64. The van der Waals surface area contributed by atoms with Crippen LogP contribution in [-0.2, 0) is 59.6 Å². The van der Waals surface area contributed by atoms with Gasteiger partial charge in [0.2, 0.25) is 5.91 Å². The maximum absolute atomic E-state index is 14.0. The zero-order valence-electron chi connectivity index (χ0n) is 31.1. The van der Waals surface area contributed by atoms with E-state index in [4.69, 9.17) is 25.8 Å². The predicted molar refractivity (Wildman–Crippen MR) is 192 cm³/mol. The molecule has 1 aromatic rings. The molecule has 0 spiro atoms. The van der Waals surface area contributed by atoms with Crippen LogP contribution in [0.15, 0.2) is 35.9 Å². The van der Waals surface area contributed by atoms with Crippen molar-refractivity contribution in [3.63, 3.8) is 0 Å². The van der Waals surface area contributed by atoms with Crippen molar-refractivity contribution < 1.29 is 65.9 Å². The molecule has 300 valence electrons. The van der Waals surface area contributed by atoms with Crippen molar-refractivity contribution in [2.45, 2.75) is 108 Å². The van der Waals surface area contributed by atoms with Gasteiger partial charge in [0.05, 0.1) is 29.7 Å². The van der Waals surface area contributed by atoms with Gasteiger partial charge in [-0.05, 0) is 44.4 Å². The normalized spacial score (nSPS) is 32.4. The van der Waals surface area contributed by atoms with Crippen LogP contribution >= 0.6 is 11.6 Å². The summed E-state index contributed by atoms with van der Waals surface area (Å²) in [6.07, 6.45) is -0.838. The third kappa shape index (κ3) is 9.04. The molecule has 3 saturated heterocycles. The molecule has 4 heterocycles. The van der Waals surface area contributed by atoms with Crippen molar-refractivity contribution in [3.05, 3.63) is 52.1 Å². The molecule has 17 nitrogen and oxygen atoms in total. The molecule has 0 aromatic heterocycles. The lowest BCUT2D eigenvalue weighted by Crippen LogP contribution is -2.60. The quantitative estimate of drug-likeness (QED) is 0.162. The summed E-state index contributed by atoms with van der Waals surface area (Å²) < 4.78 is 51.7. The van der Waals surface area contributed by atoms with E-state index < -0.39 is 105 Å². The van der Waals surface area contributed by atoms with E-state index in [1.165, 1.54) is 18.9 Å². The summed E-state index contributed by atoms with van der Waals surface area (Å²) in [5.41, 5.74) is -0.421. The monoisotopic (exact) mass is 809 g/mol. The first kappa shape index (κ1) is 41.8. The second-order valence-corrected chi connectivity index (χ2v) is 16.7. The summed E-state index contributed by atoms with van der Waals surface area (Å²) in [5.74, 6) is -6.90. The maximum Gasteiger partial charge on any atom is 0.409 e. The van der Waals surface area contributed by atoms with Gasteiger partial charge >= 0.3 is 18.0 Å². The standard InChI is InChI=1S/C36H44ClN3O14S/c1-18-8-7-9-20(3)36(47)17-24(51-34(46)38-36)21(4)32-35(5,53-32)26(16-29(43)39(6)23-14-22(12-18)13-19(2)31(23)37)52-30(44)15-25(55(48,49)50)33(45)54-40-27(41)10-11-28(40)42/h7-9,13-14,20-21,24-26,32,47H,10-12,15-17H2,1-6H3,(H,38,46)(H,48,49,50)/b9-7+,18-8+. The van der Waals surface area contributed by atoms with Gasteiger partial charge in [-0.25, -0.2) is 9.59 Å². The summed E-state index contributed by atoms with van der Waals surface area (Å²) in [6.45, 7) is 8.62. The number of fused-ring (bicyclic) bond motifs is 5. The number of carbonyl (C=O) groups excluding carboxylic acids is 6. The Labute approximate surface area is 322 Å². The number of ether oxygens (including phenoxy) is 3. The number of nitrogens with zero attached hydrogens (tertiary/aromatic N) is 2. The van der Waals surface area contributed by atoms with Crippen LogP contribution < -0.4 is 10.2 Å². The Morgan fingerprint density at radius 1 is 1.11 bits per heavy atom. The van der Waals surface area contributed by atoms with Crippen molar-refractivity contribution in [1.29, 1.82) is 0 Å². The van der Waals surface area contributed by atoms with Gasteiger partial charge in [0.1, 0.15) is 23.5 Å². The molecule has 4 bridgehead atoms. The van der Waals surface area contributed by atoms with Gasteiger partial charge in [-0.15, -0.1) is 5.06 Å². The van der Waals surface area contributed by atoms with Gasteiger partial charge in [0, 0.05) is 38.1 Å². The molecule has 0 radical (unpaired) electrons. The van der Waals surface area contributed by atoms with Gasteiger partial charge in [0.15, 0.2) is 5.25 Å². The number of imide groups is 1. The van der Waals surface area contributed by atoms with Crippen LogP contribution in [-0.4, -0.2) is 101 Å². The number of carbonyl (C=O) groups is 6. The molecule has 4 amide bonds. The lowest BCUT2D eigenvalue weighted by atomic mass is 9.82. The van der Waals surface area contributed by atoms with E-state index in [0.29, 0.717) is 17.7 Å². The fourth-order valence-corrected chi connectivity index (χ4v) is 7.89. The average molecular weight is 810 g/mol. The van der Waals surface area contributed by atoms with Crippen LogP contribution in [0.3, 0.4) is 0 Å². The number of nitrogens with one attached hydrogen (secondary N) is 1. The highest BCUT2D eigenvalue weighted by molar-refractivity contribution is 7.87. The van der Waals surface area contributed by atoms with Gasteiger partial charge in [-0.3, -0.25) is 29.0 Å². The Balaban J connectivity index is 1.49. The number of benzene rings is 1. The highest BCUT2D eigenvalue weighted by Crippen LogP contribution is 2.49. The number of esters is 1. The third-order valence-electron chi connectivity index (χ3n) is 10.5. The van der Waals surface area contributed by atoms with E-state index in [-0.39, 0.29) is 29.3 Å². The number of aryl methyl sites for hydroxylation is 1. The fraction of sp³-hybridized carbons (Fsp3) is 0.556. The molecule has 0 aliphatic carbocycles. The van der Waals surface area contributed by atoms with Crippen LogP contribution in [0.25, 0.3) is 0 Å². The lowest BCUT2D eigenvalue weighted by Gasteiger charge is -2.41. The van der Waals surface area contributed by atoms with E-state index in [1.807, 2.05) is 19.1 Å². The number of amides is 4. The molecule has 19 heteroatoms. The first-order valence-corrected chi connectivity index (χ1v) is 19.4. The number of anilines is 1. The summed E-state index contributed by atoms with van der Waals surface area (Å²) in [6, 6.07) is 3.61. The molecule has 8 atom stereocenters. The molecule has 3 fully saturated rings. The Bertz CT molecular complexity index is 1950. The topological polar surface area (TPSA) is 236 Å². The zero-order chi connectivity index (χ0) is 40.8. The van der Waals surface area contributed by atoms with Crippen molar-refractivity contribution in [3.8, 4) is 0 Å². The summed E-state index contributed by atoms with van der Waals surface area (Å²) >= 11 is 6.69. The smallest absolute Gasteiger partial charge is 0.409 e. The van der Waals surface area contributed by atoms with Crippen molar-refractivity contribution in [2.24, 2.45) is 11.8 Å². The second-order valence-electron chi connectivity index (χ2n) is 14.7. The first-order valence-electron chi connectivity index (χ1n) is 17.6. The van der Waals surface area contributed by atoms with E-state index in [0.717, 1.165) is 11.1 Å². The first-order chi connectivity index (χ1) is 25.5. The molecule has 4 aliphatic heterocycles. The van der Waals surface area contributed by atoms with Gasteiger partial charge in [-0.2, -0.15) is 8.42 Å². The van der Waals surface area contributed by atoms with Crippen LogP contribution in [0.5, 0.6) is 0 Å². The van der Waals surface area contributed by atoms with Crippen LogP contribution in [0.2, 0.25) is 5.02 Å². The number of hydrogen-bond acceptors (Lipinski definition) is 13. The number of halogens is 1. The van der Waals surface area contributed by atoms with Gasteiger partial charge in [-0.1, -0.05) is 55.3 Å². The van der Waals surface area contributed by atoms with Crippen molar-refractivity contribution in [2.75, 3.05) is 11.9 Å². The van der Waals surface area contributed by atoms with E-state index in [2.05, 4.69) is 10.2 Å². The van der Waals surface area contributed by atoms with Crippen LogP contribution in [0.1, 0.15) is 70.9 Å². The minimum Gasteiger partial charge on any atom is -0.459 e. The Hall–Kier alpha value is -4.36. The van der Waals surface area contributed by atoms with Crippen molar-refractivity contribution >= 4 is 63.2 Å². The average Bonchev–Trinajstić information content (AvgIpc) is 3.69. The maximum atomic E-state index is 14.0. The molecule has 8 unspecified atom stereocenters. The highest BCUT2D eigenvalue weighted by atomic mass is 35.5. The molecular formula is C36H44ClN3O14S. The number of aliphatic hydroxyl groups is 1. The van der Waals surface area contributed by atoms with E-state index in [9.17, 15) is 46.8 Å². The minimum atomic E-state index is -5.38. The molecule has 55 heavy (non-hydrogen) atoms. The summed E-state index contributed by atoms with van der Waals surface area (Å²) in [7, 11) is -3.91. The molecule has 0 saturated carbocycles. The number of alkyl carbamates (subject to hydrolysis) is 1. The van der Waals surface area contributed by atoms with E-state index >= 15 is 0 Å². The van der Waals surface area contributed by atoms with Crippen LogP contribution in [0.4, 0.5) is 10.5 Å². The largest absolute Gasteiger partial charge is 0.459 e. The molecule has 3 N–H and O–H groups in total. The fourth-order valence-electron chi connectivity index (χ4n) is 7.02. The number of rotatable bonds is 6. The Morgan fingerprint density at radius 2 is 1.76 bits per heavy atom. The van der Waals surface area contributed by atoms with Crippen LogP contribution in [0, 0.1) is 18.8 Å². The minimum absolute atomic E-state index is 0.0594.